The van der Waals surface area contributed by atoms with Crippen LogP contribution >= 0.6 is 0 Å². The first-order chi connectivity index (χ1) is 19.0. The van der Waals surface area contributed by atoms with Crippen molar-refractivity contribution < 1.29 is 19.2 Å². The van der Waals surface area contributed by atoms with Gasteiger partial charge in [-0.2, -0.15) is 0 Å². The van der Waals surface area contributed by atoms with Gasteiger partial charge in [0.1, 0.15) is 0 Å². The summed E-state index contributed by atoms with van der Waals surface area (Å²) in [6, 6.07) is 14.1. The summed E-state index contributed by atoms with van der Waals surface area (Å²) in [5, 5.41) is 5.70. The fraction of sp³-hybridized carbons (Fsp3) is 0.484. The first kappa shape index (κ1) is 28.3. The predicted molar refractivity (Wildman–Crippen MR) is 153 cm³/mol. The van der Waals surface area contributed by atoms with Crippen LogP contribution in [0.4, 0.5) is 11.4 Å². The molecule has 2 saturated heterocycles. The number of nitrogens with one attached hydrogen (secondary N) is 2. The maximum absolute atomic E-state index is 12.9. The van der Waals surface area contributed by atoms with Crippen LogP contribution in [0.2, 0.25) is 0 Å². The zero-order chi connectivity index (χ0) is 27.5. The molecule has 0 bridgehead atoms. The minimum absolute atomic E-state index is 0.00173. The Morgan fingerprint density at radius 3 is 1.33 bits per heavy atom. The van der Waals surface area contributed by atoms with E-state index in [1.165, 1.54) is 0 Å². The summed E-state index contributed by atoms with van der Waals surface area (Å²) in [5.74, 6) is -0.400. The van der Waals surface area contributed by atoms with E-state index in [4.69, 9.17) is 0 Å². The summed E-state index contributed by atoms with van der Waals surface area (Å²) in [6.45, 7) is 3.10. The second-order valence-electron chi connectivity index (χ2n) is 10.5. The molecule has 2 fully saturated rings. The van der Waals surface area contributed by atoms with Gasteiger partial charge in [0.2, 0.25) is 11.8 Å². The lowest BCUT2D eigenvalue weighted by Gasteiger charge is -2.20. The Hall–Kier alpha value is -3.68. The van der Waals surface area contributed by atoms with Crippen LogP contribution in [0.3, 0.4) is 0 Å². The van der Waals surface area contributed by atoms with Crippen molar-refractivity contribution in [1.82, 2.24) is 9.80 Å². The minimum Gasteiger partial charge on any atom is -0.339 e. The van der Waals surface area contributed by atoms with E-state index in [0.717, 1.165) is 77.5 Å². The van der Waals surface area contributed by atoms with Gasteiger partial charge in [-0.25, -0.2) is 0 Å². The van der Waals surface area contributed by atoms with E-state index in [9.17, 15) is 19.2 Å². The number of hydrogen-bond acceptors (Lipinski definition) is 4. The Morgan fingerprint density at radius 2 is 0.949 bits per heavy atom. The fourth-order valence-corrected chi connectivity index (χ4v) is 5.23. The number of carbonyl (C=O) groups is 4. The first-order valence-electron chi connectivity index (χ1n) is 14.4. The maximum atomic E-state index is 12.9. The van der Waals surface area contributed by atoms with Gasteiger partial charge in [0.15, 0.2) is 0 Å². The smallest absolute Gasteiger partial charge is 0.253 e. The molecular weight excluding hydrogens is 492 g/mol. The van der Waals surface area contributed by atoms with Crippen molar-refractivity contribution >= 4 is 35.0 Å². The van der Waals surface area contributed by atoms with E-state index in [1.807, 2.05) is 9.80 Å². The third-order valence-electron chi connectivity index (χ3n) is 7.38. The molecule has 2 aromatic carbocycles. The predicted octanol–water partition coefficient (Wildman–Crippen LogP) is 5.47. The molecule has 0 atom stereocenters. The van der Waals surface area contributed by atoms with Gasteiger partial charge in [-0.3, -0.25) is 19.2 Å². The minimum atomic E-state index is -0.202. The standard InChI is InChI=1S/C31H40N4O4/c36-28(32-26-14-9-12-24(22-26)30(38)34-18-5-1-2-6-19-34)16-11-17-29(37)33-27-15-10-13-25(23-27)31(39)35-20-7-3-4-8-21-35/h9-10,12-15,22-23H,1-8,11,16-21H2,(H,32,36)(H,33,37). The van der Waals surface area contributed by atoms with Gasteiger partial charge in [0, 0.05) is 61.5 Å². The van der Waals surface area contributed by atoms with E-state index in [0.29, 0.717) is 28.9 Å². The molecule has 0 unspecified atom stereocenters. The number of likely N-dealkylation sites (tertiary alicyclic amines) is 2. The molecule has 4 amide bonds. The normalized spacial score (nSPS) is 16.1. The molecule has 0 aromatic heterocycles. The summed E-state index contributed by atoms with van der Waals surface area (Å²) in [4.78, 5) is 54.6. The van der Waals surface area contributed by atoms with E-state index in [-0.39, 0.29) is 36.5 Å². The average molecular weight is 533 g/mol. The lowest BCUT2D eigenvalue weighted by molar-refractivity contribution is -0.117. The largest absolute Gasteiger partial charge is 0.339 e. The Morgan fingerprint density at radius 1 is 0.564 bits per heavy atom. The molecular formula is C31H40N4O4. The SMILES string of the molecule is O=C(CCCC(=O)Nc1cccc(C(=O)N2CCCCCC2)c1)Nc1cccc(C(=O)N2CCCCCC2)c1. The maximum Gasteiger partial charge on any atom is 0.253 e. The van der Waals surface area contributed by atoms with Gasteiger partial charge >= 0.3 is 0 Å². The van der Waals surface area contributed by atoms with Crippen LogP contribution in [0.15, 0.2) is 48.5 Å². The van der Waals surface area contributed by atoms with Crippen molar-refractivity contribution in [3.05, 3.63) is 59.7 Å². The molecule has 0 spiro atoms. The molecule has 2 aromatic rings. The van der Waals surface area contributed by atoms with Crippen molar-refractivity contribution in [3.8, 4) is 0 Å². The van der Waals surface area contributed by atoms with Crippen molar-refractivity contribution in [2.45, 2.75) is 70.6 Å². The molecule has 39 heavy (non-hydrogen) atoms. The molecule has 8 heteroatoms. The number of anilines is 2. The Labute approximate surface area is 231 Å². The zero-order valence-electron chi connectivity index (χ0n) is 22.8. The van der Waals surface area contributed by atoms with Crippen molar-refractivity contribution in [3.63, 3.8) is 0 Å². The first-order valence-corrected chi connectivity index (χ1v) is 14.4. The third kappa shape index (κ3) is 8.67. The number of rotatable bonds is 8. The summed E-state index contributed by atoms with van der Waals surface area (Å²) < 4.78 is 0. The monoisotopic (exact) mass is 532 g/mol. The molecule has 2 aliphatic rings. The highest BCUT2D eigenvalue weighted by atomic mass is 16.2. The number of nitrogens with zero attached hydrogens (tertiary/aromatic N) is 2. The van der Waals surface area contributed by atoms with E-state index >= 15 is 0 Å². The van der Waals surface area contributed by atoms with Crippen LogP contribution in [0.25, 0.3) is 0 Å². The van der Waals surface area contributed by atoms with E-state index < -0.39 is 0 Å². The highest BCUT2D eigenvalue weighted by Crippen LogP contribution is 2.19. The van der Waals surface area contributed by atoms with Crippen molar-refractivity contribution in [2.24, 2.45) is 0 Å². The van der Waals surface area contributed by atoms with Crippen LogP contribution in [0.5, 0.6) is 0 Å². The van der Waals surface area contributed by atoms with Gasteiger partial charge < -0.3 is 20.4 Å². The van der Waals surface area contributed by atoms with Crippen LogP contribution in [-0.4, -0.2) is 59.6 Å². The lowest BCUT2D eigenvalue weighted by atomic mass is 10.1. The number of carbonyl (C=O) groups excluding carboxylic acids is 4. The fourth-order valence-electron chi connectivity index (χ4n) is 5.23. The molecule has 2 N–H and O–H groups in total. The van der Waals surface area contributed by atoms with E-state index in [1.54, 1.807) is 48.5 Å². The van der Waals surface area contributed by atoms with Crippen LogP contribution in [0.1, 0.15) is 91.3 Å². The quantitative estimate of drug-likeness (QED) is 0.471. The lowest BCUT2D eigenvalue weighted by Crippen LogP contribution is -2.31. The van der Waals surface area contributed by atoms with Gasteiger partial charge in [-0.05, 0) is 68.5 Å². The molecule has 2 heterocycles. The molecule has 4 rings (SSSR count). The van der Waals surface area contributed by atoms with Crippen LogP contribution in [0, 0.1) is 0 Å². The Balaban J connectivity index is 1.22. The van der Waals surface area contributed by atoms with Gasteiger partial charge in [-0.15, -0.1) is 0 Å². The molecule has 208 valence electrons. The van der Waals surface area contributed by atoms with Crippen molar-refractivity contribution in [1.29, 1.82) is 0 Å². The second kappa shape index (κ2) is 14.5. The van der Waals surface area contributed by atoms with E-state index in [2.05, 4.69) is 10.6 Å². The Kier molecular flexibility index (Phi) is 10.5. The number of hydrogen-bond donors (Lipinski definition) is 2. The van der Waals surface area contributed by atoms with Gasteiger partial charge in [0.25, 0.3) is 11.8 Å². The third-order valence-corrected chi connectivity index (χ3v) is 7.38. The van der Waals surface area contributed by atoms with Gasteiger partial charge in [-0.1, -0.05) is 37.8 Å². The number of benzene rings is 2. The topological polar surface area (TPSA) is 98.8 Å². The van der Waals surface area contributed by atoms with Crippen molar-refractivity contribution in [2.75, 3.05) is 36.8 Å². The summed E-state index contributed by atoms with van der Waals surface area (Å²) >= 11 is 0. The molecule has 0 saturated carbocycles. The second-order valence-corrected chi connectivity index (χ2v) is 10.5. The summed E-state index contributed by atoms with van der Waals surface area (Å²) in [7, 11) is 0. The molecule has 2 aliphatic heterocycles. The highest BCUT2D eigenvalue weighted by Gasteiger charge is 2.19. The average Bonchev–Trinajstić information content (AvgIpc) is 3.38. The summed E-state index contributed by atoms with van der Waals surface area (Å²) in [5.41, 5.74) is 2.31. The Bertz CT molecular complexity index is 1060. The van der Waals surface area contributed by atoms with Crippen LogP contribution in [-0.2, 0) is 9.59 Å². The van der Waals surface area contributed by atoms with Crippen LogP contribution < -0.4 is 10.6 Å². The zero-order valence-corrected chi connectivity index (χ0v) is 22.8. The number of amides is 4. The molecule has 8 nitrogen and oxygen atoms in total. The molecule has 0 radical (unpaired) electrons. The highest BCUT2D eigenvalue weighted by molar-refractivity contribution is 5.98. The molecule has 0 aliphatic carbocycles. The summed E-state index contributed by atoms with van der Waals surface area (Å²) in [6.07, 6.45) is 9.48. The van der Waals surface area contributed by atoms with Gasteiger partial charge in [0.05, 0.1) is 0 Å².